The Bertz CT molecular complexity index is 1590. The van der Waals surface area contributed by atoms with Crippen molar-refractivity contribution in [2.24, 2.45) is 5.92 Å². The van der Waals surface area contributed by atoms with Crippen molar-refractivity contribution in [2.45, 2.75) is 102 Å². The van der Waals surface area contributed by atoms with Crippen LogP contribution in [-0.4, -0.2) is 116 Å². The van der Waals surface area contributed by atoms with Gasteiger partial charge in [-0.3, -0.25) is 48.1 Å². The number of aliphatic carboxylic acids is 2. The van der Waals surface area contributed by atoms with Crippen LogP contribution in [-0.2, 0) is 49.3 Å². The fraction of sp³-hybridized carbons (Fsp3) is 0.576. The molecule has 1 heterocycles. The first-order valence-electron chi connectivity index (χ1n) is 17.2. The Morgan fingerprint density at radius 1 is 0.852 bits per heavy atom. The topological polar surface area (TPSA) is 307 Å². The highest BCUT2D eigenvalue weighted by atomic mass is 31.2. The van der Waals surface area contributed by atoms with Gasteiger partial charge < -0.3 is 46.2 Å². The number of phosphoric acid groups is 1. The highest BCUT2D eigenvalue weighted by Crippen LogP contribution is 2.37. The molecule has 9 N–H and O–H groups in total. The lowest BCUT2D eigenvalue weighted by Crippen LogP contribution is -2.60. The van der Waals surface area contributed by atoms with E-state index >= 15 is 0 Å². The smallest absolute Gasteiger partial charge is 0.481 e. The molecule has 54 heavy (non-hydrogen) atoms. The first-order chi connectivity index (χ1) is 25.3. The molecular formula is C33H49N6O14P. The molecule has 20 nitrogen and oxygen atoms in total. The van der Waals surface area contributed by atoms with Gasteiger partial charge in [0.05, 0.1) is 0 Å². The Morgan fingerprint density at radius 3 is 1.83 bits per heavy atom. The Morgan fingerprint density at radius 2 is 1.37 bits per heavy atom. The summed E-state index contributed by atoms with van der Waals surface area (Å²) >= 11 is 0. The maximum absolute atomic E-state index is 13.7. The molecule has 1 aromatic carbocycles. The highest BCUT2D eigenvalue weighted by Gasteiger charge is 2.40. The average molecular weight is 785 g/mol. The number of rotatable bonds is 21. The molecule has 2 rings (SSSR count). The molecule has 0 aromatic heterocycles. The van der Waals surface area contributed by atoms with E-state index in [4.69, 9.17) is 9.79 Å². The van der Waals surface area contributed by atoms with Gasteiger partial charge in [0.1, 0.15) is 36.0 Å². The van der Waals surface area contributed by atoms with Crippen LogP contribution >= 0.6 is 7.82 Å². The molecule has 0 bridgehead atoms. The van der Waals surface area contributed by atoms with Gasteiger partial charge >= 0.3 is 19.8 Å². The van der Waals surface area contributed by atoms with Gasteiger partial charge in [0.15, 0.2) is 0 Å². The van der Waals surface area contributed by atoms with Gasteiger partial charge in [-0.15, -0.1) is 0 Å². The number of nitrogens with zero attached hydrogens (tertiary/aromatic N) is 1. The second kappa shape index (κ2) is 21.0. The third kappa shape index (κ3) is 14.7. The standard InChI is InChI=1S/C33H49N6O14P/c1-5-18(2)28(33(49)39-16-6-7-25(39)32(48)34-4)38-30(46)23(13-15-27(43)44)36-29(45)22(12-14-26(41)42)37-31(47)24(35-19(3)40)17-20-8-10-21(11-9-20)53-54(50,51)52/h8-11,18,22-25,28H,5-7,12-17H2,1-4H3,(H,34,48)(H,35,40)(H,36,45)(H,37,47)(H,38,46)(H,41,42)(H,43,44)(H2,50,51,52)/t18-,22-,23-,24-,25-,28-/m0/s1. The quantitative estimate of drug-likeness (QED) is 0.0688. The Hall–Kier alpha value is -5.07. The number of hydrogen-bond acceptors (Lipinski definition) is 10. The van der Waals surface area contributed by atoms with Gasteiger partial charge in [-0.2, -0.15) is 0 Å². The maximum atomic E-state index is 13.7. The summed E-state index contributed by atoms with van der Waals surface area (Å²) in [6, 6.07) is -1.25. The van der Waals surface area contributed by atoms with Gasteiger partial charge in [0.2, 0.25) is 35.4 Å². The van der Waals surface area contributed by atoms with E-state index in [-0.39, 0.29) is 24.6 Å². The minimum Gasteiger partial charge on any atom is -0.481 e. The number of phosphoric ester groups is 1. The number of likely N-dealkylation sites (tertiary alicyclic amines) is 1. The molecule has 0 unspecified atom stereocenters. The van der Waals surface area contributed by atoms with E-state index in [1.165, 1.54) is 36.2 Å². The number of carboxylic acids is 2. The van der Waals surface area contributed by atoms with E-state index in [9.17, 15) is 53.1 Å². The fourth-order valence-corrected chi connectivity index (χ4v) is 6.11. The normalized spacial score (nSPS) is 16.8. The van der Waals surface area contributed by atoms with Crippen LogP contribution < -0.4 is 31.1 Å². The number of carboxylic acid groups (broad SMARTS) is 2. The zero-order valence-corrected chi connectivity index (χ0v) is 31.3. The van der Waals surface area contributed by atoms with Crippen molar-refractivity contribution in [1.29, 1.82) is 0 Å². The van der Waals surface area contributed by atoms with E-state index in [1.54, 1.807) is 13.8 Å². The molecule has 300 valence electrons. The van der Waals surface area contributed by atoms with Gasteiger partial charge in [0.25, 0.3) is 0 Å². The lowest BCUT2D eigenvalue weighted by Gasteiger charge is -2.32. The lowest BCUT2D eigenvalue weighted by atomic mass is 9.96. The average Bonchev–Trinajstić information content (AvgIpc) is 3.59. The van der Waals surface area contributed by atoms with Crippen molar-refractivity contribution in [3.63, 3.8) is 0 Å². The SMILES string of the molecule is CC[C@H](C)[C@H](NC(=O)[C@H](CCC(=O)O)NC(=O)[C@H](CCC(=O)O)NC(=O)[C@H](Cc1ccc(OP(=O)(O)O)cc1)NC(C)=O)C(=O)N1CCC[C@H]1C(=O)NC. The number of nitrogens with one attached hydrogen (secondary N) is 5. The molecule has 1 saturated heterocycles. The highest BCUT2D eigenvalue weighted by molar-refractivity contribution is 7.46. The second-order valence-corrected chi connectivity index (χ2v) is 14.0. The van der Waals surface area contributed by atoms with E-state index < -0.39 is 111 Å². The number of carbonyl (C=O) groups excluding carboxylic acids is 6. The molecule has 21 heteroatoms. The molecule has 1 aliphatic rings. The van der Waals surface area contributed by atoms with E-state index in [0.29, 0.717) is 24.8 Å². The molecule has 0 aliphatic carbocycles. The Labute approximate surface area is 311 Å². The van der Waals surface area contributed by atoms with Crippen LogP contribution in [0, 0.1) is 5.92 Å². The van der Waals surface area contributed by atoms with Crippen LogP contribution in [0.15, 0.2) is 24.3 Å². The van der Waals surface area contributed by atoms with Crippen molar-refractivity contribution in [3.05, 3.63) is 29.8 Å². The fourth-order valence-electron chi connectivity index (χ4n) is 5.72. The third-order valence-corrected chi connectivity index (χ3v) is 9.15. The van der Waals surface area contributed by atoms with Crippen LogP contribution in [0.4, 0.5) is 0 Å². The summed E-state index contributed by atoms with van der Waals surface area (Å²) in [5, 5.41) is 31.1. The number of carbonyl (C=O) groups is 8. The van der Waals surface area contributed by atoms with E-state index in [0.717, 1.165) is 6.92 Å². The first kappa shape index (κ1) is 45.1. The largest absolute Gasteiger partial charge is 0.524 e. The van der Waals surface area contributed by atoms with E-state index in [2.05, 4.69) is 31.1 Å². The predicted molar refractivity (Wildman–Crippen MR) is 188 cm³/mol. The van der Waals surface area contributed by atoms with Gasteiger partial charge in [-0.1, -0.05) is 32.4 Å². The van der Waals surface area contributed by atoms with Crippen molar-refractivity contribution in [2.75, 3.05) is 13.6 Å². The number of hydrogen-bond donors (Lipinski definition) is 9. The summed E-state index contributed by atoms with van der Waals surface area (Å²) < 4.78 is 15.6. The van der Waals surface area contributed by atoms with Gasteiger partial charge in [0, 0.05) is 39.8 Å². The minimum absolute atomic E-state index is 0.177. The molecule has 0 saturated carbocycles. The van der Waals surface area contributed by atoms with E-state index in [1.807, 2.05) is 0 Å². The molecule has 0 radical (unpaired) electrons. The number of likely N-dealkylation sites (N-methyl/N-ethyl adjacent to an activating group) is 1. The van der Waals surface area contributed by atoms with Crippen LogP contribution in [0.2, 0.25) is 0 Å². The van der Waals surface area contributed by atoms with Crippen molar-refractivity contribution < 1.29 is 67.4 Å². The number of amides is 6. The summed E-state index contributed by atoms with van der Waals surface area (Å²) in [4.78, 5) is 121. The summed E-state index contributed by atoms with van der Waals surface area (Å²) in [5.41, 5.74) is 0.389. The second-order valence-electron chi connectivity index (χ2n) is 12.8. The Kier molecular flexibility index (Phi) is 17.5. The van der Waals surface area contributed by atoms with Crippen molar-refractivity contribution >= 4 is 55.2 Å². The first-order valence-corrected chi connectivity index (χ1v) is 18.8. The Balaban J connectivity index is 2.34. The van der Waals surface area contributed by atoms with Crippen molar-refractivity contribution in [1.82, 2.24) is 31.5 Å². The molecule has 0 spiro atoms. The summed E-state index contributed by atoms with van der Waals surface area (Å²) in [5.74, 6) is -7.73. The molecule has 1 aliphatic heterocycles. The molecule has 1 fully saturated rings. The van der Waals surface area contributed by atoms with Gasteiger partial charge in [-0.05, 0) is 49.3 Å². The van der Waals surface area contributed by atoms with Crippen LogP contribution in [0.5, 0.6) is 5.75 Å². The predicted octanol–water partition coefficient (Wildman–Crippen LogP) is -0.828. The molecule has 1 aromatic rings. The lowest BCUT2D eigenvalue weighted by molar-refractivity contribution is -0.143. The summed E-state index contributed by atoms with van der Waals surface area (Å²) in [7, 11) is -3.41. The van der Waals surface area contributed by atoms with Crippen molar-refractivity contribution in [3.8, 4) is 5.75 Å². The number of benzene rings is 1. The zero-order chi connectivity index (χ0) is 40.7. The zero-order valence-electron chi connectivity index (χ0n) is 30.4. The molecule has 6 atom stereocenters. The van der Waals surface area contributed by atoms with Gasteiger partial charge in [-0.25, -0.2) is 4.57 Å². The van der Waals surface area contributed by atoms with Crippen LogP contribution in [0.3, 0.4) is 0 Å². The van der Waals surface area contributed by atoms with Crippen LogP contribution in [0.25, 0.3) is 0 Å². The third-order valence-electron chi connectivity index (χ3n) is 8.70. The monoisotopic (exact) mass is 784 g/mol. The minimum atomic E-state index is -4.84. The van der Waals surface area contributed by atoms with Crippen LogP contribution in [0.1, 0.15) is 71.3 Å². The summed E-state index contributed by atoms with van der Waals surface area (Å²) in [6.07, 6.45) is -0.957. The molecular weight excluding hydrogens is 735 g/mol. The molecule has 6 amide bonds. The summed E-state index contributed by atoms with van der Waals surface area (Å²) in [6.45, 7) is 4.87. The maximum Gasteiger partial charge on any atom is 0.524 e.